The van der Waals surface area contributed by atoms with Crippen molar-refractivity contribution in [2.24, 2.45) is 11.7 Å². The average molecular weight is 272 g/mol. The maximum Gasteiger partial charge on any atom is 0.119 e. The molecule has 2 nitrogen and oxygen atoms in total. The van der Waals surface area contributed by atoms with Gasteiger partial charge < -0.3 is 10.5 Å². The average Bonchev–Trinajstić information content (AvgIpc) is 2.26. The fraction of sp³-hybridized carbons (Fsp3) is 0.500. The van der Waals surface area contributed by atoms with E-state index in [1.165, 1.54) is 0 Å². The first-order chi connectivity index (χ1) is 7.26. The summed E-state index contributed by atoms with van der Waals surface area (Å²) in [5.41, 5.74) is 5.66. The van der Waals surface area contributed by atoms with Crippen LogP contribution in [0.3, 0.4) is 0 Å². The second-order valence-corrected chi connectivity index (χ2v) is 4.57. The van der Waals surface area contributed by atoms with Gasteiger partial charge in [0.15, 0.2) is 0 Å². The van der Waals surface area contributed by atoms with Gasteiger partial charge in [0.05, 0.1) is 6.61 Å². The number of benzene rings is 1. The molecule has 2 N–H and O–H groups in total. The molecule has 0 radical (unpaired) electrons. The Kier molecular flexibility index (Phi) is 5.73. The van der Waals surface area contributed by atoms with Gasteiger partial charge in [0.2, 0.25) is 0 Å². The van der Waals surface area contributed by atoms with Gasteiger partial charge in [0, 0.05) is 10.4 Å². The van der Waals surface area contributed by atoms with Gasteiger partial charge in [0.1, 0.15) is 5.75 Å². The number of halogens is 1. The summed E-state index contributed by atoms with van der Waals surface area (Å²) >= 11 is 3.39. The summed E-state index contributed by atoms with van der Waals surface area (Å²) in [6.45, 7) is 3.58. The Morgan fingerprint density at radius 3 is 2.53 bits per heavy atom. The van der Waals surface area contributed by atoms with Crippen molar-refractivity contribution >= 4 is 15.9 Å². The Hall–Kier alpha value is -0.540. The van der Waals surface area contributed by atoms with Gasteiger partial charge in [-0.1, -0.05) is 29.3 Å². The topological polar surface area (TPSA) is 35.2 Å². The van der Waals surface area contributed by atoms with Crippen LogP contribution in [0.2, 0.25) is 0 Å². The van der Waals surface area contributed by atoms with Crippen LogP contribution in [0.5, 0.6) is 5.75 Å². The molecule has 84 valence electrons. The minimum Gasteiger partial charge on any atom is -0.493 e. The van der Waals surface area contributed by atoms with E-state index < -0.39 is 0 Å². The Morgan fingerprint density at radius 1 is 1.33 bits per heavy atom. The van der Waals surface area contributed by atoms with Crippen molar-refractivity contribution < 1.29 is 4.74 Å². The normalized spacial score (nSPS) is 12.5. The fourth-order valence-electron chi connectivity index (χ4n) is 1.42. The molecule has 0 bridgehead atoms. The lowest BCUT2D eigenvalue weighted by Crippen LogP contribution is -2.21. The van der Waals surface area contributed by atoms with Gasteiger partial charge in [-0.05, 0) is 37.2 Å². The van der Waals surface area contributed by atoms with E-state index in [0.29, 0.717) is 19.1 Å². The van der Waals surface area contributed by atoms with Crippen molar-refractivity contribution in [2.45, 2.75) is 19.8 Å². The summed E-state index contributed by atoms with van der Waals surface area (Å²) < 4.78 is 6.73. The predicted octanol–water partition coefficient (Wildman–Crippen LogP) is 3.20. The molecule has 15 heavy (non-hydrogen) atoms. The van der Waals surface area contributed by atoms with Gasteiger partial charge in [-0.15, -0.1) is 0 Å². The van der Waals surface area contributed by atoms with Crippen LogP contribution < -0.4 is 10.5 Å². The largest absolute Gasteiger partial charge is 0.493 e. The minimum atomic E-state index is 0.471. The van der Waals surface area contributed by atoms with Crippen LogP contribution >= 0.6 is 15.9 Å². The summed E-state index contributed by atoms with van der Waals surface area (Å²) in [5, 5.41) is 0. The zero-order valence-electron chi connectivity index (χ0n) is 9.08. The highest BCUT2D eigenvalue weighted by Crippen LogP contribution is 2.17. The molecule has 1 unspecified atom stereocenters. The number of rotatable bonds is 6. The van der Waals surface area contributed by atoms with Gasteiger partial charge in [-0.25, -0.2) is 0 Å². The van der Waals surface area contributed by atoms with Crippen molar-refractivity contribution in [1.82, 2.24) is 0 Å². The van der Waals surface area contributed by atoms with Crippen LogP contribution in [0.1, 0.15) is 19.8 Å². The molecule has 0 aliphatic carbocycles. The quantitative estimate of drug-likeness (QED) is 0.863. The molecular formula is C12H18BrNO. The van der Waals surface area contributed by atoms with Gasteiger partial charge in [-0.2, -0.15) is 0 Å². The molecule has 0 heterocycles. The Morgan fingerprint density at radius 2 is 2.00 bits per heavy atom. The number of hydrogen-bond donors (Lipinski definition) is 1. The van der Waals surface area contributed by atoms with Crippen LogP contribution in [0.25, 0.3) is 0 Å². The first kappa shape index (κ1) is 12.5. The summed E-state index contributed by atoms with van der Waals surface area (Å²) in [6.07, 6.45) is 2.29. The lowest BCUT2D eigenvalue weighted by molar-refractivity contribution is 0.243. The Bertz CT molecular complexity index is 273. The molecule has 1 atom stereocenters. The standard InChI is InChI=1S/C12H18BrNO/c1-2-3-10(8-14)9-15-12-6-4-11(13)5-7-12/h4-7,10H,2-3,8-9,14H2,1H3. The highest BCUT2D eigenvalue weighted by molar-refractivity contribution is 9.10. The molecule has 0 aliphatic heterocycles. The first-order valence-electron chi connectivity index (χ1n) is 5.34. The van der Waals surface area contributed by atoms with Crippen LogP contribution in [0.15, 0.2) is 28.7 Å². The van der Waals surface area contributed by atoms with Crippen LogP contribution in [-0.4, -0.2) is 13.2 Å². The molecule has 1 aromatic rings. The summed E-state index contributed by atoms with van der Waals surface area (Å²) in [7, 11) is 0. The van der Waals surface area contributed by atoms with Crippen molar-refractivity contribution in [3.63, 3.8) is 0 Å². The van der Waals surface area contributed by atoms with Crippen LogP contribution in [0, 0.1) is 5.92 Å². The van der Waals surface area contributed by atoms with E-state index in [4.69, 9.17) is 10.5 Å². The molecule has 0 saturated heterocycles. The first-order valence-corrected chi connectivity index (χ1v) is 6.14. The Labute approximate surface area is 99.9 Å². The molecule has 0 aliphatic rings. The highest BCUT2D eigenvalue weighted by atomic mass is 79.9. The fourth-order valence-corrected chi connectivity index (χ4v) is 1.69. The van der Waals surface area contributed by atoms with E-state index in [1.807, 2.05) is 24.3 Å². The van der Waals surface area contributed by atoms with Gasteiger partial charge >= 0.3 is 0 Å². The van der Waals surface area contributed by atoms with E-state index in [1.54, 1.807) is 0 Å². The second kappa shape index (κ2) is 6.85. The maximum absolute atomic E-state index is 5.67. The zero-order chi connectivity index (χ0) is 11.1. The van der Waals surface area contributed by atoms with E-state index in [0.717, 1.165) is 23.1 Å². The van der Waals surface area contributed by atoms with E-state index >= 15 is 0 Å². The molecule has 3 heteroatoms. The molecule has 0 fully saturated rings. The van der Waals surface area contributed by atoms with Crippen molar-refractivity contribution in [1.29, 1.82) is 0 Å². The summed E-state index contributed by atoms with van der Waals surface area (Å²) in [6, 6.07) is 7.88. The van der Waals surface area contributed by atoms with E-state index in [-0.39, 0.29) is 0 Å². The number of hydrogen-bond acceptors (Lipinski definition) is 2. The van der Waals surface area contributed by atoms with Crippen LogP contribution in [0.4, 0.5) is 0 Å². The van der Waals surface area contributed by atoms with Crippen molar-refractivity contribution in [2.75, 3.05) is 13.2 Å². The van der Waals surface area contributed by atoms with Crippen molar-refractivity contribution in [3.8, 4) is 5.75 Å². The molecule has 0 aromatic heterocycles. The summed E-state index contributed by atoms with van der Waals surface area (Å²) in [5.74, 6) is 1.38. The molecule has 1 rings (SSSR count). The number of ether oxygens (including phenoxy) is 1. The lowest BCUT2D eigenvalue weighted by atomic mass is 10.1. The zero-order valence-corrected chi connectivity index (χ0v) is 10.7. The minimum absolute atomic E-state index is 0.471. The lowest BCUT2D eigenvalue weighted by Gasteiger charge is -2.14. The van der Waals surface area contributed by atoms with E-state index in [2.05, 4.69) is 22.9 Å². The van der Waals surface area contributed by atoms with Gasteiger partial charge in [0.25, 0.3) is 0 Å². The third-order valence-corrected chi connectivity index (χ3v) is 2.86. The third-order valence-electron chi connectivity index (χ3n) is 2.33. The second-order valence-electron chi connectivity index (χ2n) is 3.66. The monoisotopic (exact) mass is 271 g/mol. The molecule has 0 saturated carbocycles. The van der Waals surface area contributed by atoms with Crippen molar-refractivity contribution in [3.05, 3.63) is 28.7 Å². The highest BCUT2D eigenvalue weighted by Gasteiger charge is 2.06. The van der Waals surface area contributed by atoms with Gasteiger partial charge in [-0.3, -0.25) is 0 Å². The third kappa shape index (κ3) is 4.67. The SMILES string of the molecule is CCCC(CN)COc1ccc(Br)cc1. The van der Waals surface area contributed by atoms with E-state index in [9.17, 15) is 0 Å². The Balaban J connectivity index is 2.38. The smallest absolute Gasteiger partial charge is 0.119 e. The molecular weight excluding hydrogens is 254 g/mol. The maximum atomic E-state index is 5.67. The molecule has 0 amide bonds. The number of nitrogens with two attached hydrogens (primary N) is 1. The van der Waals surface area contributed by atoms with Crippen LogP contribution in [-0.2, 0) is 0 Å². The molecule has 0 spiro atoms. The predicted molar refractivity (Wildman–Crippen MR) is 67.1 cm³/mol. The molecule has 1 aromatic carbocycles. The summed E-state index contributed by atoms with van der Waals surface area (Å²) in [4.78, 5) is 0.